The van der Waals surface area contributed by atoms with Gasteiger partial charge < -0.3 is 19.4 Å². The smallest absolute Gasteiger partial charge is 0.244 e. The van der Waals surface area contributed by atoms with E-state index in [4.69, 9.17) is 19.4 Å². The number of nitrogens with zero attached hydrogens (tertiary/aromatic N) is 6. The van der Waals surface area contributed by atoms with Crippen molar-refractivity contribution in [3.8, 4) is 11.6 Å². The molecule has 1 saturated heterocycles. The molecule has 3 aromatic heterocycles. The van der Waals surface area contributed by atoms with Crippen LogP contribution in [0.2, 0.25) is 0 Å². The van der Waals surface area contributed by atoms with Crippen LogP contribution in [0.1, 0.15) is 17.5 Å². The van der Waals surface area contributed by atoms with Crippen molar-refractivity contribution in [2.24, 2.45) is 12.0 Å². The monoisotopic (exact) mass is 415 g/mol. The molecule has 0 saturated carbocycles. The van der Waals surface area contributed by atoms with Gasteiger partial charge in [0, 0.05) is 37.8 Å². The lowest BCUT2D eigenvalue weighted by molar-refractivity contribution is 0.139. The standard InChI is InChI=1S/C22H21N7O2/c1-28-12-17(11-24-28)29-6-4-19-20(29)21(31-18-5-7-30-13-18)27-22(26-19)25-16-3-2-14-9-23-10-15(14)8-16/h2-4,6,8,10-12,18H,5,7,9,13H2,1H3,(H,25,26,27)/t18-/m0/s1. The van der Waals surface area contributed by atoms with E-state index in [0.717, 1.165) is 40.9 Å². The van der Waals surface area contributed by atoms with Crippen molar-refractivity contribution in [1.82, 2.24) is 24.3 Å². The summed E-state index contributed by atoms with van der Waals surface area (Å²) in [7, 11) is 1.89. The zero-order chi connectivity index (χ0) is 20.8. The minimum absolute atomic E-state index is 0.0283. The Bertz CT molecular complexity index is 1300. The van der Waals surface area contributed by atoms with E-state index in [-0.39, 0.29) is 6.10 Å². The molecule has 156 valence electrons. The number of hydrogen-bond donors (Lipinski definition) is 1. The first-order chi connectivity index (χ1) is 15.2. The van der Waals surface area contributed by atoms with Gasteiger partial charge in [0.15, 0.2) is 0 Å². The summed E-state index contributed by atoms with van der Waals surface area (Å²) in [5.41, 5.74) is 5.78. The summed E-state index contributed by atoms with van der Waals surface area (Å²) in [6.07, 6.45) is 8.42. The van der Waals surface area contributed by atoms with Crippen LogP contribution in [0.3, 0.4) is 0 Å². The number of aromatic nitrogens is 5. The van der Waals surface area contributed by atoms with E-state index in [0.29, 0.717) is 25.0 Å². The van der Waals surface area contributed by atoms with Gasteiger partial charge in [0.25, 0.3) is 0 Å². The molecular formula is C22H21N7O2. The summed E-state index contributed by atoms with van der Waals surface area (Å²) < 4.78 is 15.5. The molecule has 4 aromatic rings. The van der Waals surface area contributed by atoms with Gasteiger partial charge >= 0.3 is 0 Å². The van der Waals surface area contributed by atoms with Gasteiger partial charge in [-0.3, -0.25) is 9.67 Å². The fourth-order valence-corrected chi connectivity index (χ4v) is 3.97. The summed E-state index contributed by atoms with van der Waals surface area (Å²) in [6.45, 7) is 2.00. The van der Waals surface area contributed by atoms with Crippen LogP contribution in [-0.2, 0) is 18.3 Å². The van der Waals surface area contributed by atoms with Gasteiger partial charge in [-0.1, -0.05) is 6.07 Å². The van der Waals surface area contributed by atoms with Crippen LogP contribution in [-0.4, -0.2) is 49.8 Å². The molecule has 6 rings (SSSR count). The lowest BCUT2D eigenvalue weighted by Crippen LogP contribution is -2.17. The summed E-state index contributed by atoms with van der Waals surface area (Å²) in [5.74, 6) is 1.01. The number of fused-ring (bicyclic) bond motifs is 2. The van der Waals surface area contributed by atoms with Crippen LogP contribution < -0.4 is 10.1 Å². The van der Waals surface area contributed by atoms with Crippen LogP contribution in [0.5, 0.6) is 5.88 Å². The van der Waals surface area contributed by atoms with E-state index in [9.17, 15) is 0 Å². The van der Waals surface area contributed by atoms with E-state index < -0.39 is 0 Å². The van der Waals surface area contributed by atoms with Gasteiger partial charge in [0.05, 0.1) is 37.2 Å². The van der Waals surface area contributed by atoms with E-state index in [1.807, 2.05) is 42.4 Å². The largest absolute Gasteiger partial charge is 0.470 e. The Morgan fingerprint density at radius 3 is 3.03 bits per heavy atom. The van der Waals surface area contributed by atoms with Gasteiger partial charge in [-0.05, 0) is 29.3 Å². The highest BCUT2D eigenvalue weighted by atomic mass is 16.5. The molecule has 9 nitrogen and oxygen atoms in total. The number of ether oxygens (including phenoxy) is 2. The number of nitrogens with one attached hydrogen (secondary N) is 1. The lowest BCUT2D eigenvalue weighted by atomic mass is 10.1. The van der Waals surface area contributed by atoms with Gasteiger partial charge in [-0.25, -0.2) is 4.98 Å². The number of aliphatic imine (C=N–C) groups is 1. The maximum Gasteiger partial charge on any atom is 0.244 e. The van der Waals surface area contributed by atoms with Crippen molar-refractivity contribution < 1.29 is 9.47 Å². The normalized spacial score (nSPS) is 17.4. The zero-order valence-corrected chi connectivity index (χ0v) is 17.0. The molecule has 0 radical (unpaired) electrons. The maximum atomic E-state index is 6.28. The highest BCUT2D eigenvalue weighted by Crippen LogP contribution is 2.31. The number of hydrogen-bond acceptors (Lipinski definition) is 7. The Labute approximate surface area is 178 Å². The van der Waals surface area contributed by atoms with Crippen LogP contribution >= 0.6 is 0 Å². The van der Waals surface area contributed by atoms with Crippen LogP contribution in [0, 0.1) is 0 Å². The molecule has 1 fully saturated rings. The topological polar surface area (TPSA) is 91.4 Å². The molecule has 0 spiro atoms. The third-order valence-corrected chi connectivity index (χ3v) is 5.53. The van der Waals surface area contributed by atoms with E-state index in [1.165, 1.54) is 5.56 Å². The quantitative estimate of drug-likeness (QED) is 0.539. The van der Waals surface area contributed by atoms with E-state index in [2.05, 4.69) is 27.5 Å². The SMILES string of the molecule is Cn1cc(-n2ccc3nc(Nc4ccc5c(c4)C=NC5)nc(O[C@H]4CCOC4)c32)cn1. The Morgan fingerprint density at radius 2 is 2.19 bits per heavy atom. The molecule has 1 N–H and O–H groups in total. The summed E-state index contributed by atoms with van der Waals surface area (Å²) in [4.78, 5) is 13.8. The fourth-order valence-electron chi connectivity index (χ4n) is 3.97. The van der Waals surface area contributed by atoms with Crippen LogP contribution in [0.15, 0.2) is 47.8 Å². The van der Waals surface area contributed by atoms with E-state index in [1.54, 1.807) is 10.9 Å². The third kappa shape index (κ3) is 3.32. The Morgan fingerprint density at radius 1 is 1.23 bits per heavy atom. The van der Waals surface area contributed by atoms with Crippen LogP contribution in [0.25, 0.3) is 16.7 Å². The van der Waals surface area contributed by atoms with Crippen molar-refractivity contribution in [2.75, 3.05) is 18.5 Å². The minimum Gasteiger partial charge on any atom is -0.470 e. The average molecular weight is 415 g/mol. The lowest BCUT2D eigenvalue weighted by Gasteiger charge is -2.15. The number of rotatable bonds is 5. The molecule has 2 aliphatic rings. The second-order valence-electron chi connectivity index (χ2n) is 7.76. The molecule has 5 heterocycles. The molecule has 0 bridgehead atoms. The molecule has 2 aliphatic heterocycles. The third-order valence-electron chi connectivity index (χ3n) is 5.53. The van der Waals surface area contributed by atoms with E-state index >= 15 is 0 Å². The van der Waals surface area contributed by atoms with Gasteiger partial charge in [-0.15, -0.1) is 0 Å². The summed E-state index contributed by atoms with van der Waals surface area (Å²) >= 11 is 0. The maximum absolute atomic E-state index is 6.28. The number of benzene rings is 1. The predicted octanol–water partition coefficient (Wildman–Crippen LogP) is 3.00. The van der Waals surface area contributed by atoms with Gasteiger partial charge in [-0.2, -0.15) is 10.1 Å². The highest BCUT2D eigenvalue weighted by Gasteiger charge is 2.22. The second kappa shape index (κ2) is 7.21. The highest BCUT2D eigenvalue weighted by molar-refractivity contribution is 5.87. The predicted molar refractivity (Wildman–Crippen MR) is 117 cm³/mol. The first kappa shape index (κ1) is 18.1. The molecule has 1 aromatic carbocycles. The van der Waals surface area contributed by atoms with Crippen molar-refractivity contribution in [3.63, 3.8) is 0 Å². The van der Waals surface area contributed by atoms with Crippen molar-refractivity contribution in [1.29, 1.82) is 0 Å². The Hall–Kier alpha value is -3.72. The molecule has 31 heavy (non-hydrogen) atoms. The van der Waals surface area contributed by atoms with Crippen LogP contribution in [0.4, 0.5) is 11.6 Å². The molecule has 1 atom stereocenters. The summed E-state index contributed by atoms with van der Waals surface area (Å²) in [6, 6.07) is 8.12. The molecule has 9 heteroatoms. The number of aryl methyl sites for hydroxylation is 1. The van der Waals surface area contributed by atoms with Crippen molar-refractivity contribution in [3.05, 3.63) is 54.0 Å². The fraction of sp³-hybridized carbons (Fsp3) is 0.273. The average Bonchev–Trinajstić information content (AvgIpc) is 3.54. The van der Waals surface area contributed by atoms with Crippen molar-refractivity contribution >= 4 is 28.9 Å². The Balaban J connectivity index is 1.42. The number of anilines is 2. The van der Waals surface area contributed by atoms with Gasteiger partial charge in [0.1, 0.15) is 11.6 Å². The van der Waals surface area contributed by atoms with Gasteiger partial charge in [0.2, 0.25) is 11.8 Å². The first-order valence-electron chi connectivity index (χ1n) is 10.3. The van der Waals surface area contributed by atoms with Crippen molar-refractivity contribution in [2.45, 2.75) is 19.1 Å². The Kier molecular flexibility index (Phi) is 4.20. The molecule has 0 aliphatic carbocycles. The summed E-state index contributed by atoms with van der Waals surface area (Å²) in [5, 5.41) is 7.61. The minimum atomic E-state index is -0.0283. The molecular weight excluding hydrogens is 394 g/mol. The first-order valence-corrected chi connectivity index (χ1v) is 10.3. The molecule has 0 amide bonds. The molecule has 0 unspecified atom stereocenters. The zero-order valence-electron chi connectivity index (χ0n) is 17.0. The second-order valence-corrected chi connectivity index (χ2v) is 7.76.